The summed E-state index contributed by atoms with van der Waals surface area (Å²) in [5.74, 6) is 5.80. The normalized spacial score (nSPS) is 20.9. The summed E-state index contributed by atoms with van der Waals surface area (Å²) >= 11 is 0. The van der Waals surface area contributed by atoms with Gasteiger partial charge in [-0.2, -0.15) is 4.31 Å². The van der Waals surface area contributed by atoms with Gasteiger partial charge in [0.25, 0.3) is 0 Å². The SMILES string of the molecule is CCCN(C)C[C@@H]1Oc2cc(C#Cc3ccc(F)cc3)ccc2S(=O)(=O)N([C@H](C)CO)C[C@@H]1C. The third-order valence-electron chi connectivity index (χ3n) is 5.96. The second-order valence-electron chi connectivity index (χ2n) is 8.92. The number of hydrogen-bond donors (Lipinski definition) is 1. The predicted molar refractivity (Wildman–Crippen MR) is 131 cm³/mol. The van der Waals surface area contributed by atoms with E-state index < -0.39 is 16.1 Å². The quantitative estimate of drug-likeness (QED) is 0.632. The molecular formula is C26H33FN2O4S. The van der Waals surface area contributed by atoms with Crippen molar-refractivity contribution in [3.63, 3.8) is 0 Å². The summed E-state index contributed by atoms with van der Waals surface area (Å²) in [5.41, 5.74) is 1.24. The highest BCUT2D eigenvalue weighted by atomic mass is 32.2. The number of aliphatic hydroxyl groups excluding tert-OH is 1. The van der Waals surface area contributed by atoms with Crippen LogP contribution in [0.5, 0.6) is 5.75 Å². The molecule has 2 aromatic rings. The Labute approximate surface area is 202 Å². The van der Waals surface area contributed by atoms with Gasteiger partial charge < -0.3 is 14.7 Å². The molecule has 3 rings (SSSR count). The van der Waals surface area contributed by atoms with Crippen LogP contribution in [-0.2, 0) is 10.0 Å². The Morgan fingerprint density at radius 3 is 2.50 bits per heavy atom. The number of fused-ring (bicyclic) bond motifs is 1. The summed E-state index contributed by atoms with van der Waals surface area (Å²) in [6, 6.07) is 10.1. The Kier molecular flexibility index (Phi) is 8.72. The number of nitrogens with zero attached hydrogens (tertiary/aromatic N) is 2. The maximum atomic E-state index is 13.5. The summed E-state index contributed by atoms with van der Waals surface area (Å²) in [4.78, 5) is 2.24. The number of hydrogen-bond acceptors (Lipinski definition) is 5. The molecule has 0 amide bonds. The lowest BCUT2D eigenvalue weighted by Crippen LogP contribution is -2.49. The topological polar surface area (TPSA) is 70.1 Å². The third-order valence-corrected chi connectivity index (χ3v) is 7.98. The van der Waals surface area contributed by atoms with E-state index in [2.05, 4.69) is 23.7 Å². The second kappa shape index (κ2) is 11.3. The molecule has 34 heavy (non-hydrogen) atoms. The van der Waals surface area contributed by atoms with Gasteiger partial charge in [0.1, 0.15) is 22.6 Å². The number of likely N-dealkylation sites (N-methyl/N-ethyl adjacent to an activating group) is 1. The molecule has 0 fully saturated rings. The van der Waals surface area contributed by atoms with Crippen LogP contribution < -0.4 is 4.74 Å². The average Bonchev–Trinajstić information content (AvgIpc) is 2.80. The highest BCUT2D eigenvalue weighted by Gasteiger charge is 2.38. The summed E-state index contributed by atoms with van der Waals surface area (Å²) in [6.07, 6.45) is 0.749. The first-order valence-corrected chi connectivity index (χ1v) is 13.0. The molecule has 2 aromatic carbocycles. The number of aliphatic hydroxyl groups is 1. The summed E-state index contributed by atoms with van der Waals surface area (Å²) in [6.45, 7) is 7.30. The maximum absolute atomic E-state index is 13.5. The van der Waals surface area contributed by atoms with E-state index in [4.69, 9.17) is 4.74 Å². The van der Waals surface area contributed by atoms with Gasteiger partial charge in [-0.05, 0) is 69.4 Å². The van der Waals surface area contributed by atoms with Gasteiger partial charge in [0.2, 0.25) is 10.0 Å². The van der Waals surface area contributed by atoms with Gasteiger partial charge in [-0.3, -0.25) is 0 Å². The molecule has 1 aliphatic heterocycles. The zero-order chi connectivity index (χ0) is 24.9. The Bertz CT molecular complexity index is 1140. The van der Waals surface area contributed by atoms with Crippen LogP contribution >= 0.6 is 0 Å². The lowest BCUT2D eigenvalue weighted by Gasteiger charge is -2.37. The van der Waals surface area contributed by atoms with Crippen LogP contribution in [0, 0.1) is 23.6 Å². The zero-order valence-electron chi connectivity index (χ0n) is 20.2. The number of rotatable bonds is 6. The van der Waals surface area contributed by atoms with E-state index in [9.17, 15) is 17.9 Å². The molecule has 0 aromatic heterocycles. The molecular weight excluding hydrogens is 455 g/mol. The first-order chi connectivity index (χ1) is 16.1. The van der Waals surface area contributed by atoms with Gasteiger partial charge in [-0.25, -0.2) is 12.8 Å². The largest absolute Gasteiger partial charge is 0.487 e. The first kappa shape index (κ1) is 26.2. The fraction of sp³-hybridized carbons (Fsp3) is 0.462. The number of ether oxygens (including phenoxy) is 1. The van der Waals surface area contributed by atoms with Crippen molar-refractivity contribution in [3.8, 4) is 17.6 Å². The van der Waals surface area contributed by atoms with Gasteiger partial charge in [-0.1, -0.05) is 25.7 Å². The van der Waals surface area contributed by atoms with Crippen molar-refractivity contribution >= 4 is 10.0 Å². The number of halogens is 1. The van der Waals surface area contributed by atoms with Crippen molar-refractivity contribution in [1.29, 1.82) is 0 Å². The fourth-order valence-corrected chi connectivity index (χ4v) is 5.80. The molecule has 1 heterocycles. The van der Waals surface area contributed by atoms with Gasteiger partial charge in [0.05, 0.1) is 6.61 Å². The van der Waals surface area contributed by atoms with Crippen molar-refractivity contribution in [1.82, 2.24) is 9.21 Å². The molecule has 0 bridgehead atoms. The highest BCUT2D eigenvalue weighted by molar-refractivity contribution is 7.89. The van der Waals surface area contributed by atoms with E-state index in [0.29, 0.717) is 17.7 Å². The Morgan fingerprint density at radius 1 is 1.21 bits per heavy atom. The monoisotopic (exact) mass is 488 g/mol. The van der Waals surface area contributed by atoms with Crippen LogP contribution in [0.2, 0.25) is 0 Å². The van der Waals surface area contributed by atoms with Crippen molar-refractivity contribution < 1.29 is 22.7 Å². The fourth-order valence-electron chi connectivity index (χ4n) is 3.98. The van der Waals surface area contributed by atoms with E-state index in [1.54, 1.807) is 31.2 Å². The molecule has 0 radical (unpaired) electrons. The molecule has 3 atom stereocenters. The molecule has 0 saturated heterocycles. The minimum atomic E-state index is -3.89. The van der Waals surface area contributed by atoms with Crippen LogP contribution in [0.1, 0.15) is 38.3 Å². The van der Waals surface area contributed by atoms with Crippen LogP contribution in [0.3, 0.4) is 0 Å². The van der Waals surface area contributed by atoms with Crippen LogP contribution in [-0.4, -0.2) is 68.2 Å². The minimum absolute atomic E-state index is 0.0650. The molecule has 0 saturated carbocycles. The van der Waals surface area contributed by atoms with E-state index >= 15 is 0 Å². The van der Waals surface area contributed by atoms with E-state index in [1.807, 2.05) is 14.0 Å². The van der Waals surface area contributed by atoms with E-state index in [-0.39, 0.29) is 41.6 Å². The number of sulfonamides is 1. The van der Waals surface area contributed by atoms with Crippen LogP contribution in [0.4, 0.5) is 4.39 Å². The molecule has 1 N–H and O–H groups in total. The zero-order valence-corrected chi connectivity index (χ0v) is 21.0. The van der Waals surface area contributed by atoms with Crippen molar-refractivity contribution in [2.45, 2.75) is 44.2 Å². The van der Waals surface area contributed by atoms with Crippen LogP contribution in [0.25, 0.3) is 0 Å². The van der Waals surface area contributed by atoms with Gasteiger partial charge >= 0.3 is 0 Å². The molecule has 8 heteroatoms. The highest BCUT2D eigenvalue weighted by Crippen LogP contribution is 2.34. The molecule has 0 aliphatic carbocycles. The van der Waals surface area contributed by atoms with E-state index in [0.717, 1.165) is 13.0 Å². The summed E-state index contributed by atoms with van der Waals surface area (Å²) in [7, 11) is -1.87. The van der Waals surface area contributed by atoms with Crippen molar-refractivity contribution in [3.05, 3.63) is 59.4 Å². The molecule has 0 spiro atoms. The van der Waals surface area contributed by atoms with Gasteiger partial charge in [-0.15, -0.1) is 0 Å². The Balaban J connectivity index is 2.04. The van der Waals surface area contributed by atoms with Crippen molar-refractivity contribution in [2.75, 3.05) is 33.3 Å². The lowest BCUT2D eigenvalue weighted by atomic mass is 10.0. The molecule has 1 aliphatic rings. The minimum Gasteiger partial charge on any atom is -0.487 e. The van der Waals surface area contributed by atoms with E-state index in [1.165, 1.54) is 22.5 Å². The summed E-state index contributed by atoms with van der Waals surface area (Å²) in [5, 5.41) is 9.75. The average molecular weight is 489 g/mol. The molecule has 0 unspecified atom stereocenters. The number of benzene rings is 2. The Hall–Kier alpha value is -2.44. The third kappa shape index (κ3) is 6.16. The second-order valence-corrected chi connectivity index (χ2v) is 10.8. The summed E-state index contributed by atoms with van der Waals surface area (Å²) < 4.78 is 47.9. The molecule has 6 nitrogen and oxygen atoms in total. The van der Waals surface area contributed by atoms with Crippen molar-refractivity contribution in [2.24, 2.45) is 5.92 Å². The Morgan fingerprint density at radius 2 is 1.85 bits per heavy atom. The standard InChI is InChI=1S/C26H33FN2O4S/c1-5-14-28(4)17-25-19(2)16-29(20(3)18-30)34(31,32)26-13-10-22(15-24(26)33-25)7-6-21-8-11-23(27)12-9-21/h8-13,15,19-20,25,30H,5,14,16-18H2,1-4H3/t19-,20+,25-/m0/s1. The first-order valence-electron chi connectivity index (χ1n) is 11.5. The van der Waals surface area contributed by atoms with Gasteiger partial charge in [0, 0.05) is 36.2 Å². The predicted octanol–water partition coefficient (Wildman–Crippen LogP) is 3.34. The van der Waals surface area contributed by atoms with Crippen LogP contribution in [0.15, 0.2) is 47.4 Å². The lowest BCUT2D eigenvalue weighted by molar-refractivity contribution is 0.0752. The smallest absolute Gasteiger partial charge is 0.247 e. The molecule has 184 valence electrons. The van der Waals surface area contributed by atoms with Gasteiger partial charge in [0.15, 0.2) is 0 Å². The maximum Gasteiger partial charge on any atom is 0.247 e.